The van der Waals surface area contributed by atoms with Crippen LogP contribution in [0.25, 0.3) is 0 Å². The van der Waals surface area contributed by atoms with Crippen LogP contribution in [-0.4, -0.2) is 5.91 Å². The molecule has 0 aliphatic carbocycles. The third kappa shape index (κ3) is 3.06. The predicted molar refractivity (Wildman–Crippen MR) is 83.5 cm³/mol. The van der Waals surface area contributed by atoms with Gasteiger partial charge in [-0.05, 0) is 36.1 Å². The lowest BCUT2D eigenvalue weighted by atomic mass is 10.0. The van der Waals surface area contributed by atoms with Gasteiger partial charge in [-0.2, -0.15) is 0 Å². The van der Waals surface area contributed by atoms with Crippen molar-refractivity contribution < 1.29 is 9.21 Å². The highest BCUT2D eigenvalue weighted by atomic mass is 32.1. The summed E-state index contributed by atoms with van der Waals surface area (Å²) in [4.78, 5) is 13.3. The minimum atomic E-state index is -0.209. The monoisotopic (exact) mass is 297 g/mol. The van der Waals surface area contributed by atoms with Gasteiger partial charge in [0.15, 0.2) is 5.76 Å². The highest BCUT2D eigenvalue weighted by Crippen LogP contribution is 2.26. The van der Waals surface area contributed by atoms with Crippen molar-refractivity contribution in [3.05, 3.63) is 81.9 Å². The molecule has 0 saturated carbocycles. The quantitative estimate of drug-likeness (QED) is 0.785. The number of carbonyl (C=O) groups is 1. The molecule has 106 valence electrons. The zero-order chi connectivity index (χ0) is 14.7. The van der Waals surface area contributed by atoms with E-state index in [0.717, 1.165) is 10.4 Å². The number of aryl methyl sites for hydroxylation is 1. The molecule has 0 fully saturated rings. The maximum atomic E-state index is 12.3. The Hall–Kier alpha value is -2.33. The first-order chi connectivity index (χ1) is 10.2. The minimum absolute atomic E-state index is 0.164. The van der Waals surface area contributed by atoms with Gasteiger partial charge in [0.25, 0.3) is 5.91 Å². The van der Waals surface area contributed by atoms with Gasteiger partial charge in [-0.25, -0.2) is 0 Å². The van der Waals surface area contributed by atoms with E-state index in [1.54, 1.807) is 23.5 Å². The van der Waals surface area contributed by atoms with Crippen molar-refractivity contribution >= 4 is 17.2 Å². The average molecular weight is 297 g/mol. The van der Waals surface area contributed by atoms with Crippen molar-refractivity contribution in [2.24, 2.45) is 0 Å². The van der Waals surface area contributed by atoms with E-state index in [1.165, 1.54) is 11.8 Å². The van der Waals surface area contributed by atoms with E-state index < -0.39 is 0 Å². The predicted octanol–water partition coefficient (Wildman–Crippen LogP) is 4.17. The lowest BCUT2D eigenvalue weighted by Gasteiger charge is -2.17. The Kier molecular flexibility index (Phi) is 3.88. The number of rotatable bonds is 4. The second-order valence-electron chi connectivity index (χ2n) is 4.81. The lowest BCUT2D eigenvalue weighted by Crippen LogP contribution is -2.28. The van der Waals surface area contributed by atoms with Gasteiger partial charge in [0.05, 0.1) is 12.3 Å². The van der Waals surface area contributed by atoms with Gasteiger partial charge in [0.2, 0.25) is 0 Å². The molecule has 1 amide bonds. The first-order valence-corrected chi connectivity index (χ1v) is 7.56. The number of hydrogen-bond donors (Lipinski definition) is 1. The standard InChI is InChI=1S/C17H15NO2S/c1-12-6-8-13(9-7-12)16(15-5-3-11-21-15)18-17(19)14-4-2-10-20-14/h2-11,16H,1H3,(H,18,19). The minimum Gasteiger partial charge on any atom is -0.459 e. The maximum absolute atomic E-state index is 12.3. The van der Waals surface area contributed by atoms with E-state index in [0.29, 0.717) is 5.76 Å². The molecule has 2 heterocycles. The van der Waals surface area contributed by atoms with E-state index in [4.69, 9.17) is 4.42 Å². The topological polar surface area (TPSA) is 42.2 Å². The van der Waals surface area contributed by atoms with Crippen LogP contribution in [0.5, 0.6) is 0 Å². The molecule has 3 rings (SSSR count). The molecular formula is C17H15NO2S. The Balaban J connectivity index is 1.90. The molecule has 0 aliphatic rings. The zero-order valence-electron chi connectivity index (χ0n) is 11.6. The highest BCUT2D eigenvalue weighted by Gasteiger charge is 2.19. The number of carbonyl (C=O) groups excluding carboxylic acids is 1. The number of benzene rings is 1. The van der Waals surface area contributed by atoms with E-state index in [2.05, 4.69) is 17.4 Å². The first kappa shape index (κ1) is 13.6. The average Bonchev–Trinajstić information content (AvgIpc) is 3.19. The Bertz CT molecular complexity index is 700. The zero-order valence-corrected chi connectivity index (χ0v) is 12.4. The summed E-state index contributed by atoms with van der Waals surface area (Å²) in [5.74, 6) is 0.114. The van der Waals surface area contributed by atoms with Gasteiger partial charge in [0.1, 0.15) is 0 Å². The highest BCUT2D eigenvalue weighted by molar-refractivity contribution is 7.10. The molecule has 2 aromatic heterocycles. The second-order valence-corrected chi connectivity index (χ2v) is 5.79. The van der Waals surface area contributed by atoms with Crippen molar-refractivity contribution in [1.29, 1.82) is 0 Å². The van der Waals surface area contributed by atoms with Gasteiger partial charge in [-0.15, -0.1) is 11.3 Å². The van der Waals surface area contributed by atoms with Gasteiger partial charge in [-0.3, -0.25) is 4.79 Å². The molecular weight excluding hydrogens is 282 g/mol. The van der Waals surface area contributed by atoms with E-state index in [9.17, 15) is 4.79 Å². The molecule has 21 heavy (non-hydrogen) atoms. The summed E-state index contributed by atoms with van der Waals surface area (Å²) in [6, 6.07) is 15.4. The fourth-order valence-corrected chi connectivity index (χ4v) is 2.95. The fraction of sp³-hybridized carbons (Fsp3) is 0.118. The second kappa shape index (κ2) is 5.97. The van der Waals surface area contributed by atoms with Crippen molar-refractivity contribution in [2.75, 3.05) is 0 Å². The van der Waals surface area contributed by atoms with Crippen LogP contribution in [0, 0.1) is 6.92 Å². The van der Waals surface area contributed by atoms with Gasteiger partial charge < -0.3 is 9.73 Å². The molecule has 1 atom stereocenters. The van der Waals surface area contributed by atoms with E-state index >= 15 is 0 Å². The van der Waals surface area contributed by atoms with Gasteiger partial charge in [0, 0.05) is 4.88 Å². The summed E-state index contributed by atoms with van der Waals surface area (Å²) in [7, 11) is 0. The molecule has 0 saturated heterocycles. The SMILES string of the molecule is Cc1ccc(C(NC(=O)c2ccco2)c2cccs2)cc1. The number of nitrogens with one attached hydrogen (secondary N) is 1. The smallest absolute Gasteiger partial charge is 0.287 e. The van der Waals surface area contributed by atoms with Gasteiger partial charge in [-0.1, -0.05) is 35.9 Å². The van der Waals surface area contributed by atoms with Crippen LogP contribution in [0.3, 0.4) is 0 Å². The van der Waals surface area contributed by atoms with Crippen LogP contribution in [0.2, 0.25) is 0 Å². The molecule has 1 unspecified atom stereocenters. The van der Waals surface area contributed by atoms with Crippen LogP contribution in [0.15, 0.2) is 64.6 Å². The Morgan fingerprint density at radius 2 is 1.95 bits per heavy atom. The van der Waals surface area contributed by atoms with E-state index in [1.807, 2.05) is 36.6 Å². The summed E-state index contributed by atoms with van der Waals surface area (Å²) in [6.07, 6.45) is 1.50. The van der Waals surface area contributed by atoms with Gasteiger partial charge >= 0.3 is 0 Å². The molecule has 0 bridgehead atoms. The Morgan fingerprint density at radius 3 is 2.57 bits per heavy atom. The Morgan fingerprint density at radius 1 is 1.14 bits per heavy atom. The van der Waals surface area contributed by atoms with Crippen molar-refractivity contribution in [3.8, 4) is 0 Å². The van der Waals surface area contributed by atoms with Crippen LogP contribution in [-0.2, 0) is 0 Å². The molecule has 3 aromatic rings. The van der Waals surface area contributed by atoms with Crippen LogP contribution < -0.4 is 5.32 Å². The van der Waals surface area contributed by atoms with Crippen LogP contribution in [0.4, 0.5) is 0 Å². The number of furan rings is 1. The molecule has 0 aliphatic heterocycles. The molecule has 1 aromatic carbocycles. The summed E-state index contributed by atoms with van der Waals surface area (Å²) in [5.41, 5.74) is 2.25. The van der Waals surface area contributed by atoms with Crippen molar-refractivity contribution in [2.45, 2.75) is 13.0 Å². The fourth-order valence-electron chi connectivity index (χ4n) is 2.14. The van der Waals surface area contributed by atoms with Crippen molar-refractivity contribution in [1.82, 2.24) is 5.32 Å². The van der Waals surface area contributed by atoms with E-state index in [-0.39, 0.29) is 11.9 Å². The molecule has 0 spiro atoms. The summed E-state index contributed by atoms with van der Waals surface area (Å²) in [6.45, 7) is 2.05. The lowest BCUT2D eigenvalue weighted by molar-refractivity contribution is 0.0915. The van der Waals surface area contributed by atoms with Crippen LogP contribution >= 0.6 is 11.3 Å². The summed E-state index contributed by atoms with van der Waals surface area (Å²) >= 11 is 1.62. The third-order valence-corrected chi connectivity index (χ3v) is 4.20. The number of hydrogen-bond acceptors (Lipinski definition) is 3. The largest absolute Gasteiger partial charge is 0.459 e. The summed E-state index contributed by atoms with van der Waals surface area (Å²) < 4.78 is 5.16. The van der Waals surface area contributed by atoms with Crippen molar-refractivity contribution in [3.63, 3.8) is 0 Å². The molecule has 3 nitrogen and oxygen atoms in total. The molecule has 0 radical (unpaired) electrons. The Labute approximate surface area is 127 Å². The van der Waals surface area contributed by atoms with Crippen LogP contribution in [0.1, 0.15) is 32.6 Å². The molecule has 4 heteroatoms. The summed E-state index contributed by atoms with van der Waals surface area (Å²) in [5, 5.41) is 5.04. The number of amides is 1. The normalized spacial score (nSPS) is 12.0. The maximum Gasteiger partial charge on any atom is 0.287 e. The first-order valence-electron chi connectivity index (χ1n) is 6.68. The third-order valence-electron chi connectivity index (χ3n) is 3.26. The molecule has 1 N–H and O–H groups in total. The number of thiophene rings is 1.